The summed E-state index contributed by atoms with van der Waals surface area (Å²) in [5.41, 5.74) is 1.81. The predicted molar refractivity (Wildman–Crippen MR) is 80.7 cm³/mol. The smallest absolute Gasteiger partial charge is 0.326 e. The molecule has 0 bridgehead atoms. The summed E-state index contributed by atoms with van der Waals surface area (Å²) < 4.78 is 10.3. The monoisotopic (exact) mass is 328 g/mol. The molecule has 0 spiro atoms. The van der Waals surface area contributed by atoms with Gasteiger partial charge in [0.05, 0.1) is 17.6 Å². The first-order chi connectivity index (χ1) is 10.4. The third kappa shape index (κ3) is 3.61. The number of carbonyl (C=O) groups excluding carboxylic acids is 1. The van der Waals surface area contributed by atoms with Crippen LogP contribution in [0.2, 0.25) is 0 Å². The highest BCUT2D eigenvalue weighted by Crippen LogP contribution is 2.23. The largest absolute Gasteiger partial charge is 0.480 e. The SMILES string of the molecule is COC1CC(C(=O)O)N(C(=O)CSCc2c(C)noc2C)C1. The fourth-order valence-corrected chi connectivity index (χ4v) is 3.57. The summed E-state index contributed by atoms with van der Waals surface area (Å²) in [5.74, 6) is 0.435. The summed E-state index contributed by atoms with van der Waals surface area (Å²) in [5, 5.41) is 13.1. The van der Waals surface area contributed by atoms with Gasteiger partial charge in [-0.25, -0.2) is 4.79 Å². The molecule has 0 aliphatic carbocycles. The van der Waals surface area contributed by atoms with Crippen LogP contribution in [0.4, 0.5) is 0 Å². The average molecular weight is 328 g/mol. The Kier molecular flexibility index (Phi) is 5.47. The van der Waals surface area contributed by atoms with E-state index in [9.17, 15) is 14.7 Å². The Morgan fingerprint density at radius 3 is 2.77 bits per heavy atom. The van der Waals surface area contributed by atoms with Crippen molar-refractivity contribution in [3.8, 4) is 0 Å². The van der Waals surface area contributed by atoms with Gasteiger partial charge in [-0.1, -0.05) is 5.16 Å². The van der Waals surface area contributed by atoms with E-state index >= 15 is 0 Å². The van der Waals surface area contributed by atoms with Crippen LogP contribution in [-0.4, -0.2) is 58.6 Å². The van der Waals surface area contributed by atoms with Crippen molar-refractivity contribution in [3.63, 3.8) is 0 Å². The van der Waals surface area contributed by atoms with Crippen molar-refractivity contribution in [1.82, 2.24) is 10.1 Å². The summed E-state index contributed by atoms with van der Waals surface area (Å²) in [4.78, 5) is 24.9. The maximum atomic E-state index is 12.3. The molecular weight excluding hydrogens is 308 g/mol. The molecule has 1 aromatic rings. The fourth-order valence-electron chi connectivity index (χ4n) is 2.51. The molecule has 22 heavy (non-hydrogen) atoms. The van der Waals surface area contributed by atoms with Crippen LogP contribution in [0.5, 0.6) is 0 Å². The third-order valence-electron chi connectivity index (χ3n) is 3.85. The van der Waals surface area contributed by atoms with Gasteiger partial charge >= 0.3 is 5.97 Å². The van der Waals surface area contributed by atoms with E-state index in [-0.39, 0.29) is 17.8 Å². The molecule has 8 heteroatoms. The minimum Gasteiger partial charge on any atom is -0.480 e. The number of aliphatic carboxylic acids is 1. The molecule has 1 fully saturated rings. The maximum absolute atomic E-state index is 12.3. The molecule has 7 nitrogen and oxygen atoms in total. The number of thioether (sulfide) groups is 1. The van der Waals surface area contributed by atoms with E-state index in [2.05, 4.69) is 5.16 Å². The molecule has 122 valence electrons. The molecule has 2 atom stereocenters. The Bertz CT molecular complexity index is 540. The zero-order valence-electron chi connectivity index (χ0n) is 12.9. The Morgan fingerprint density at radius 2 is 2.23 bits per heavy atom. The van der Waals surface area contributed by atoms with Crippen LogP contribution >= 0.6 is 11.8 Å². The molecule has 1 saturated heterocycles. The minimum atomic E-state index is -0.983. The quantitative estimate of drug-likeness (QED) is 0.839. The van der Waals surface area contributed by atoms with Crippen LogP contribution in [0.15, 0.2) is 4.52 Å². The number of carbonyl (C=O) groups is 2. The number of ether oxygens (including phenoxy) is 1. The Hall–Kier alpha value is -1.54. The van der Waals surface area contributed by atoms with Gasteiger partial charge < -0.3 is 19.3 Å². The van der Waals surface area contributed by atoms with E-state index in [1.807, 2.05) is 13.8 Å². The Labute approximate surface area is 133 Å². The molecule has 1 aliphatic rings. The number of aromatic nitrogens is 1. The number of likely N-dealkylation sites (tertiary alicyclic amines) is 1. The van der Waals surface area contributed by atoms with E-state index in [1.54, 1.807) is 0 Å². The molecule has 0 aromatic carbocycles. The standard InChI is InChI=1S/C14H20N2O5S/c1-8-11(9(2)21-15-8)6-22-7-13(17)16-5-10(20-3)4-12(16)14(18)19/h10,12H,4-7H2,1-3H3,(H,18,19). The number of rotatable bonds is 6. The van der Waals surface area contributed by atoms with Crippen molar-refractivity contribution in [2.75, 3.05) is 19.4 Å². The Balaban J connectivity index is 1.90. The zero-order valence-corrected chi connectivity index (χ0v) is 13.7. The van der Waals surface area contributed by atoms with Gasteiger partial charge in [0.1, 0.15) is 11.8 Å². The van der Waals surface area contributed by atoms with E-state index in [4.69, 9.17) is 9.26 Å². The van der Waals surface area contributed by atoms with Crippen LogP contribution < -0.4 is 0 Å². The minimum absolute atomic E-state index is 0.177. The van der Waals surface area contributed by atoms with Gasteiger partial charge in [-0.2, -0.15) is 0 Å². The maximum Gasteiger partial charge on any atom is 0.326 e. The predicted octanol–water partition coefficient (Wildman–Crippen LogP) is 1.23. The summed E-state index contributed by atoms with van der Waals surface area (Å²) in [6.07, 6.45) is 0.129. The lowest BCUT2D eigenvalue weighted by atomic mass is 10.2. The highest BCUT2D eigenvalue weighted by Gasteiger charge is 2.39. The first kappa shape index (κ1) is 16.8. The van der Waals surface area contributed by atoms with Gasteiger partial charge in [0.25, 0.3) is 0 Å². The van der Waals surface area contributed by atoms with E-state index in [0.717, 1.165) is 17.0 Å². The molecule has 1 N–H and O–H groups in total. The molecule has 1 aliphatic heterocycles. The second-order valence-electron chi connectivity index (χ2n) is 5.29. The molecule has 0 radical (unpaired) electrons. The number of carboxylic acids is 1. The topological polar surface area (TPSA) is 92.9 Å². The highest BCUT2D eigenvalue weighted by atomic mass is 32.2. The molecule has 1 aromatic heterocycles. The van der Waals surface area contributed by atoms with Gasteiger partial charge in [0.15, 0.2) is 0 Å². The number of hydrogen-bond donors (Lipinski definition) is 1. The van der Waals surface area contributed by atoms with Gasteiger partial charge in [-0.3, -0.25) is 4.79 Å². The van der Waals surface area contributed by atoms with Crippen molar-refractivity contribution in [2.24, 2.45) is 0 Å². The van der Waals surface area contributed by atoms with Crippen LogP contribution in [-0.2, 0) is 20.1 Å². The summed E-state index contributed by atoms with van der Waals surface area (Å²) in [6.45, 7) is 4.03. The van der Waals surface area contributed by atoms with Crippen molar-refractivity contribution in [3.05, 3.63) is 17.0 Å². The normalized spacial score (nSPS) is 21.3. The average Bonchev–Trinajstić information content (AvgIpc) is 3.05. The lowest BCUT2D eigenvalue weighted by Gasteiger charge is -2.21. The first-order valence-electron chi connectivity index (χ1n) is 6.98. The van der Waals surface area contributed by atoms with Crippen LogP contribution in [0.3, 0.4) is 0 Å². The van der Waals surface area contributed by atoms with Crippen LogP contribution in [0.25, 0.3) is 0 Å². The second-order valence-corrected chi connectivity index (χ2v) is 6.27. The van der Waals surface area contributed by atoms with Crippen molar-refractivity contribution >= 4 is 23.6 Å². The molecule has 2 unspecified atom stereocenters. The summed E-state index contributed by atoms with van der Waals surface area (Å²) in [6, 6.07) is -0.794. The number of carboxylic acid groups (broad SMARTS) is 1. The van der Waals surface area contributed by atoms with Crippen LogP contribution in [0.1, 0.15) is 23.4 Å². The van der Waals surface area contributed by atoms with E-state index in [1.165, 1.54) is 23.8 Å². The van der Waals surface area contributed by atoms with Crippen molar-refractivity contribution in [2.45, 2.75) is 38.2 Å². The number of methoxy groups -OCH3 is 1. The van der Waals surface area contributed by atoms with Gasteiger partial charge in [-0.05, 0) is 13.8 Å². The Morgan fingerprint density at radius 1 is 1.50 bits per heavy atom. The molecular formula is C14H20N2O5S. The number of aryl methyl sites for hydroxylation is 2. The number of nitrogens with zero attached hydrogens (tertiary/aromatic N) is 2. The fraction of sp³-hybridized carbons (Fsp3) is 0.643. The second kappa shape index (κ2) is 7.15. The highest BCUT2D eigenvalue weighted by molar-refractivity contribution is 7.99. The number of amides is 1. The van der Waals surface area contributed by atoms with E-state index in [0.29, 0.717) is 18.7 Å². The van der Waals surface area contributed by atoms with Gasteiger partial charge in [0.2, 0.25) is 5.91 Å². The zero-order chi connectivity index (χ0) is 16.3. The van der Waals surface area contributed by atoms with Crippen molar-refractivity contribution in [1.29, 1.82) is 0 Å². The van der Waals surface area contributed by atoms with Gasteiger partial charge in [-0.15, -0.1) is 11.8 Å². The molecule has 2 heterocycles. The summed E-state index contributed by atoms with van der Waals surface area (Å²) >= 11 is 1.43. The van der Waals surface area contributed by atoms with Crippen LogP contribution in [0, 0.1) is 13.8 Å². The summed E-state index contributed by atoms with van der Waals surface area (Å²) in [7, 11) is 1.53. The lowest BCUT2D eigenvalue weighted by Crippen LogP contribution is -2.41. The molecule has 2 rings (SSSR count). The molecule has 0 saturated carbocycles. The van der Waals surface area contributed by atoms with Gasteiger partial charge in [0, 0.05) is 31.4 Å². The number of hydrogen-bond acceptors (Lipinski definition) is 6. The molecule has 1 amide bonds. The lowest BCUT2D eigenvalue weighted by molar-refractivity contribution is -0.147. The van der Waals surface area contributed by atoms with E-state index < -0.39 is 12.0 Å². The third-order valence-corrected chi connectivity index (χ3v) is 4.80. The first-order valence-corrected chi connectivity index (χ1v) is 8.14. The van der Waals surface area contributed by atoms with Crippen molar-refractivity contribution < 1.29 is 24.0 Å².